The van der Waals surface area contributed by atoms with Gasteiger partial charge in [0.15, 0.2) is 5.76 Å². The number of furan rings is 1. The maximum Gasteiger partial charge on any atom is 0.307 e. The fourth-order valence-electron chi connectivity index (χ4n) is 2.09. The van der Waals surface area contributed by atoms with E-state index in [1.807, 2.05) is 12.1 Å². The Morgan fingerprint density at radius 3 is 2.72 bits per heavy atom. The number of hydrogen-bond donors (Lipinski definition) is 2. The van der Waals surface area contributed by atoms with Gasteiger partial charge in [0.05, 0.1) is 15.7 Å². The lowest BCUT2D eigenvalue weighted by Gasteiger charge is -2.02. The van der Waals surface area contributed by atoms with Gasteiger partial charge in [0, 0.05) is 20.4 Å². The molecular formula is C16H8Br2Cl2N2O3. The van der Waals surface area contributed by atoms with Gasteiger partial charge in [-0.05, 0) is 46.3 Å². The number of amides is 1. The highest BCUT2D eigenvalue weighted by molar-refractivity contribution is 9.11. The first-order valence-electron chi connectivity index (χ1n) is 6.75. The number of aromatic hydroxyl groups is 1. The molecule has 0 aliphatic heterocycles. The summed E-state index contributed by atoms with van der Waals surface area (Å²) >= 11 is 18.4. The van der Waals surface area contributed by atoms with E-state index < -0.39 is 5.91 Å². The molecule has 1 aromatic heterocycles. The van der Waals surface area contributed by atoms with E-state index >= 15 is 0 Å². The molecule has 25 heavy (non-hydrogen) atoms. The first-order chi connectivity index (χ1) is 11.8. The van der Waals surface area contributed by atoms with Crippen molar-refractivity contribution in [2.24, 2.45) is 5.10 Å². The van der Waals surface area contributed by atoms with Gasteiger partial charge in [-0.25, -0.2) is 5.43 Å². The van der Waals surface area contributed by atoms with Crippen LogP contribution in [0, 0.1) is 0 Å². The number of halogens is 4. The number of phenolic OH excluding ortho intramolecular Hbond substituents is 1. The molecule has 0 aliphatic carbocycles. The molecule has 0 bridgehead atoms. The third-order valence-corrected chi connectivity index (χ3v) is 4.74. The summed E-state index contributed by atoms with van der Waals surface area (Å²) < 4.78 is 7.11. The van der Waals surface area contributed by atoms with E-state index in [2.05, 4.69) is 42.4 Å². The second-order valence-electron chi connectivity index (χ2n) is 4.94. The van der Waals surface area contributed by atoms with Crippen LogP contribution in [0.5, 0.6) is 5.75 Å². The van der Waals surface area contributed by atoms with E-state index in [1.165, 1.54) is 18.3 Å². The largest absolute Gasteiger partial charge is 0.506 e. The third-order valence-electron chi connectivity index (χ3n) is 3.19. The average molecular weight is 507 g/mol. The van der Waals surface area contributed by atoms with Crippen molar-refractivity contribution in [3.05, 3.63) is 60.6 Å². The van der Waals surface area contributed by atoms with Crippen molar-refractivity contribution in [2.45, 2.75) is 0 Å². The maximum atomic E-state index is 12.2. The summed E-state index contributed by atoms with van der Waals surface area (Å²) in [6.07, 6.45) is 1.24. The Morgan fingerprint density at radius 2 is 1.96 bits per heavy atom. The Bertz CT molecular complexity index is 1020. The van der Waals surface area contributed by atoms with Crippen molar-refractivity contribution in [1.82, 2.24) is 5.43 Å². The number of nitrogens with zero attached hydrogens (tertiary/aromatic N) is 1. The average Bonchev–Trinajstić information content (AvgIpc) is 2.96. The van der Waals surface area contributed by atoms with Crippen LogP contribution in [-0.2, 0) is 0 Å². The van der Waals surface area contributed by atoms with Crippen molar-refractivity contribution < 1.29 is 14.3 Å². The molecular weight excluding hydrogens is 499 g/mol. The number of hydrazone groups is 1. The lowest BCUT2D eigenvalue weighted by Crippen LogP contribution is -2.16. The monoisotopic (exact) mass is 504 g/mol. The van der Waals surface area contributed by atoms with Crippen LogP contribution in [-0.4, -0.2) is 17.2 Å². The zero-order valence-corrected chi connectivity index (χ0v) is 16.9. The lowest BCUT2D eigenvalue weighted by atomic mass is 10.2. The van der Waals surface area contributed by atoms with Crippen molar-refractivity contribution in [3.8, 4) is 5.75 Å². The number of fused-ring (bicyclic) bond motifs is 1. The summed E-state index contributed by atoms with van der Waals surface area (Å²) in [5.41, 5.74) is 3.15. The van der Waals surface area contributed by atoms with Crippen LogP contribution in [0.4, 0.5) is 0 Å². The standard InChI is InChI=1S/C16H8Br2Cl2N2O3/c17-9-1-7-3-13(25-15(7)11(18)4-9)16(24)22-21-6-8-2-10(19)5-12(20)14(8)23/h1-6,23H,(H,22,24)/b21-6-. The highest BCUT2D eigenvalue weighted by Crippen LogP contribution is 2.31. The molecule has 3 rings (SSSR count). The number of nitrogens with one attached hydrogen (secondary N) is 1. The van der Waals surface area contributed by atoms with Crippen LogP contribution in [0.1, 0.15) is 16.1 Å². The van der Waals surface area contributed by atoms with E-state index in [1.54, 1.807) is 6.07 Å². The van der Waals surface area contributed by atoms with E-state index in [0.29, 0.717) is 10.6 Å². The molecule has 9 heteroatoms. The smallest absolute Gasteiger partial charge is 0.307 e. The van der Waals surface area contributed by atoms with Gasteiger partial charge in [0.2, 0.25) is 0 Å². The van der Waals surface area contributed by atoms with Crippen LogP contribution in [0.3, 0.4) is 0 Å². The lowest BCUT2D eigenvalue weighted by molar-refractivity contribution is 0.0929. The quantitative estimate of drug-likeness (QED) is 0.351. The molecule has 0 atom stereocenters. The first kappa shape index (κ1) is 18.3. The highest BCUT2D eigenvalue weighted by Gasteiger charge is 2.14. The molecule has 5 nitrogen and oxygen atoms in total. The minimum atomic E-state index is -0.539. The third kappa shape index (κ3) is 4.00. The molecule has 1 heterocycles. The Hall–Kier alpha value is -1.54. The topological polar surface area (TPSA) is 74.8 Å². The summed E-state index contributed by atoms with van der Waals surface area (Å²) in [7, 11) is 0. The number of phenols is 1. The number of hydrogen-bond acceptors (Lipinski definition) is 4. The second kappa shape index (κ2) is 7.37. The molecule has 128 valence electrons. The molecule has 0 spiro atoms. The molecule has 0 saturated carbocycles. The van der Waals surface area contributed by atoms with E-state index in [9.17, 15) is 9.90 Å². The predicted molar refractivity (Wildman–Crippen MR) is 105 cm³/mol. The fraction of sp³-hybridized carbons (Fsp3) is 0. The van der Waals surface area contributed by atoms with Crippen LogP contribution in [0.25, 0.3) is 11.0 Å². The number of rotatable bonds is 3. The summed E-state index contributed by atoms with van der Waals surface area (Å²) in [6, 6.07) is 8.11. The number of carbonyl (C=O) groups is 1. The Balaban J connectivity index is 1.80. The van der Waals surface area contributed by atoms with Gasteiger partial charge < -0.3 is 9.52 Å². The number of carbonyl (C=O) groups excluding carboxylic acids is 1. The minimum Gasteiger partial charge on any atom is -0.506 e. The summed E-state index contributed by atoms with van der Waals surface area (Å²) in [5.74, 6) is -0.621. The minimum absolute atomic E-state index is 0.0907. The fourth-order valence-corrected chi connectivity index (χ4v) is 3.94. The maximum absolute atomic E-state index is 12.2. The normalized spacial score (nSPS) is 11.4. The summed E-state index contributed by atoms with van der Waals surface area (Å²) in [6.45, 7) is 0. The van der Waals surface area contributed by atoms with Crippen LogP contribution < -0.4 is 5.43 Å². The summed E-state index contributed by atoms with van der Waals surface area (Å²) in [4.78, 5) is 12.2. The zero-order chi connectivity index (χ0) is 18.1. The van der Waals surface area contributed by atoms with Crippen LogP contribution in [0.2, 0.25) is 10.0 Å². The highest BCUT2D eigenvalue weighted by atomic mass is 79.9. The van der Waals surface area contributed by atoms with Gasteiger partial charge in [-0.3, -0.25) is 4.79 Å². The van der Waals surface area contributed by atoms with Crippen molar-refractivity contribution in [2.75, 3.05) is 0 Å². The zero-order valence-electron chi connectivity index (χ0n) is 12.2. The van der Waals surface area contributed by atoms with Gasteiger partial charge in [0.25, 0.3) is 0 Å². The molecule has 3 aromatic rings. The van der Waals surface area contributed by atoms with Gasteiger partial charge in [-0.15, -0.1) is 0 Å². The molecule has 0 radical (unpaired) electrons. The van der Waals surface area contributed by atoms with E-state index in [-0.39, 0.29) is 22.1 Å². The molecule has 0 fully saturated rings. The molecule has 0 saturated heterocycles. The molecule has 0 aliphatic rings. The molecule has 2 N–H and O–H groups in total. The first-order valence-corrected chi connectivity index (χ1v) is 9.09. The van der Waals surface area contributed by atoms with Crippen LogP contribution >= 0.6 is 55.1 Å². The van der Waals surface area contributed by atoms with Gasteiger partial charge in [-0.2, -0.15) is 5.10 Å². The Labute approximate surface area is 168 Å². The Kier molecular flexibility index (Phi) is 5.38. The van der Waals surface area contributed by atoms with E-state index in [0.717, 1.165) is 14.3 Å². The molecule has 0 unspecified atom stereocenters. The molecule has 2 aromatic carbocycles. The van der Waals surface area contributed by atoms with Crippen LogP contribution in [0.15, 0.2) is 48.8 Å². The molecule has 1 amide bonds. The van der Waals surface area contributed by atoms with Crippen molar-refractivity contribution in [3.63, 3.8) is 0 Å². The second-order valence-corrected chi connectivity index (χ2v) is 7.55. The van der Waals surface area contributed by atoms with Crippen molar-refractivity contribution in [1.29, 1.82) is 0 Å². The number of benzene rings is 2. The Morgan fingerprint density at radius 1 is 1.20 bits per heavy atom. The van der Waals surface area contributed by atoms with Gasteiger partial charge in [-0.1, -0.05) is 39.1 Å². The van der Waals surface area contributed by atoms with E-state index in [4.69, 9.17) is 27.6 Å². The SMILES string of the molecule is O=C(N/N=C\c1cc(Cl)cc(Cl)c1O)c1cc2cc(Br)cc(Br)c2o1. The van der Waals surface area contributed by atoms with Gasteiger partial charge in [0.1, 0.15) is 11.3 Å². The predicted octanol–water partition coefficient (Wildman–Crippen LogP) is 5.73. The summed E-state index contributed by atoms with van der Waals surface area (Å²) in [5, 5.41) is 14.8. The van der Waals surface area contributed by atoms with Crippen molar-refractivity contribution >= 4 is 78.2 Å². The van der Waals surface area contributed by atoms with Gasteiger partial charge >= 0.3 is 5.91 Å².